The van der Waals surface area contributed by atoms with Gasteiger partial charge >= 0.3 is 5.97 Å². The van der Waals surface area contributed by atoms with Crippen LogP contribution in [0.3, 0.4) is 0 Å². The van der Waals surface area contributed by atoms with Gasteiger partial charge in [0.05, 0.1) is 10.4 Å². The number of carboxylic acid groups (broad SMARTS) is 1. The summed E-state index contributed by atoms with van der Waals surface area (Å²) in [5.41, 5.74) is 0.0870. The van der Waals surface area contributed by atoms with Crippen molar-refractivity contribution in [3.8, 4) is 5.75 Å². The van der Waals surface area contributed by atoms with Crippen molar-refractivity contribution >= 4 is 29.3 Å². The van der Waals surface area contributed by atoms with Crippen LogP contribution in [0, 0.1) is 0 Å². The van der Waals surface area contributed by atoms with Crippen molar-refractivity contribution in [3.05, 3.63) is 28.8 Å². The Kier molecular flexibility index (Phi) is 3.39. The lowest BCUT2D eigenvalue weighted by molar-refractivity contribution is -0.140. The molecule has 3 rings (SSSR count). The second-order valence-electron chi connectivity index (χ2n) is 5.14. The number of benzene rings is 1. The van der Waals surface area contributed by atoms with Crippen LogP contribution in [0.15, 0.2) is 18.2 Å². The van der Waals surface area contributed by atoms with Crippen molar-refractivity contribution in [2.45, 2.75) is 30.8 Å². The molecule has 1 heterocycles. The molecule has 1 aromatic rings. The van der Waals surface area contributed by atoms with E-state index in [9.17, 15) is 9.90 Å². The monoisotopic (exact) mass is 298 g/mol. The number of carbonyl (C=O) groups is 1. The molecule has 0 amide bonds. The molecule has 19 heavy (non-hydrogen) atoms. The molecule has 1 aromatic carbocycles. The van der Waals surface area contributed by atoms with E-state index in [4.69, 9.17) is 16.3 Å². The highest BCUT2D eigenvalue weighted by molar-refractivity contribution is 7.99. The van der Waals surface area contributed by atoms with Crippen molar-refractivity contribution in [2.75, 3.05) is 11.5 Å². The molecule has 2 fully saturated rings. The summed E-state index contributed by atoms with van der Waals surface area (Å²) in [5.74, 6) is 2.03. The quantitative estimate of drug-likeness (QED) is 0.926. The van der Waals surface area contributed by atoms with Crippen LogP contribution in [0.25, 0.3) is 0 Å². The fourth-order valence-electron chi connectivity index (χ4n) is 2.43. The Balaban J connectivity index is 1.80. The van der Waals surface area contributed by atoms with Crippen LogP contribution in [0.4, 0.5) is 0 Å². The van der Waals surface area contributed by atoms with E-state index in [2.05, 4.69) is 0 Å². The van der Waals surface area contributed by atoms with E-state index in [0.717, 1.165) is 23.5 Å². The maximum absolute atomic E-state index is 11.3. The minimum absolute atomic E-state index is 0.225. The van der Waals surface area contributed by atoms with E-state index >= 15 is 0 Å². The molecule has 1 aliphatic carbocycles. The first-order chi connectivity index (χ1) is 9.12. The Bertz CT molecular complexity index is 507. The molecule has 0 aromatic heterocycles. The van der Waals surface area contributed by atoms with Gasteiger partial charge in [-0.25, -0.2) is 0 Å². The summed E-state index contributed by atoms with van der Waals surface area (Å²) < 4.78 is 5.85. The summed E-state index contributed by atoms with van der Waals surface area (Å²) in [6.45, 7) is 0. The van der Waals surface area contributed by atoms with Crippen LogP contribution >= 0.6 is 23.4 Å². The molecule has 3 nitrogen and oxygen atoms in total. The van der Waals surface area contributed by atoms with E-state index in [1.165, 1.54) is 0 Å². The summed E-state index contributed by atoms with van der Waals surface area (Å²) in [5, 5.41) is 9.79. The van der Waals surface area contributed by atoms with Crippen molar-refractivity contribution in [1.29, 1.82) is 0 Å². The molecule has 0 bridgehead atoms. The predicted octanol–water partition coefficient (Wildman–Crippen LogP) is 3.34. The van der Waals surface area contributed by atoms with Crippen molar-refractivity contribution in [2.24, 2.45) is 0 Å². The second-order valence-corrected chi connectivity index (χ2v) is 6.69. The smallest absolute Gasteiger partial charge is 0.314 e. The predicted molar refractivity (Wildman–Crippen MR) is 76.4 cm³/mol. The van der Waals surface area contributed by atoms with Gasteiger partial charge in [-0.05, 0) is 42.7 Å². The molecule has 1 saturated heterocycles. The zero-order chi connectivity index (χ0) is 13.5. The molecule has 2 aliphatic rings. The normalized spacial score (nSPS) is 24.2. The Morgan fingerprint density at radius 2 is 2.26 bits per heavy atom. The summed E-state index contributed by atoms with van der Waals surface area (Å²) >= 11 is 8.10. The highest BCUT2D eigenvalue weighted by Gasteiger charge is 2.51. The number of rotatable bonds is 4. The molecule has 5 heteroatoms. The van der Waals surface area contributed by atoms with Gasteiger partial charge in [-0.1, -0.05) is 17.7 Å². The van der Waals surface area contributed by atoms with E-state index in [1.54, 1.807) is 6.07 Å². The first-order valence-corrected chi connectivity index (χ1v) is 7.93. The minimum atomic E-state index is -0.760. The van der Waals surface area contributed by atoms with Crippen LogP contribution < -0.4 is 4.74 Å². The molecule has 102 valence electrons. The summed E-state index contributed by atoms with van der Waals surface area (Å²) in [4.78, 5) is 11.3. The number of ether oxygens (including phenoxy) is 1. The second kappa shape index (κ2) is 4.91. The maximum Gasteiger partial charge on any atom is 0.314 e. The highest BCUT2D eigenvalue weighted by Crippen LogP contribution is 2.49. The maximum atomic E-state index is 11.3. The van der Waals surface area contributed by atoms with Crippen molar-refractivity contribution < 1.29 is 14.6 Å². The fourth-order valence-corrected chi connectivity index (χ4v) is 3.75. The molecule has 1 aliphatic heterocycles. The third-order valence-corrected chi connectivity index (χ3v) is 5.25. The largest absolute Gasteiger partial charge is 0.488 e. The molecule has 0 spiro atoms. The summed E-state index contributed by atoms with van der Waals surface area (Å²) in [7, 11) is 0. The van der Waals surface area contributed by atoms with Gasteiger partial charge in [0, 0.05) is 5.75 Å². The third-order valence-electron chi connectivity index (χ3n) is 3.83. The Labute approximate surface area is 121 Å². The van der Waals surface area contributed by atoms with Crippen LogP contribution in [-0.4, -0.2) is 28.7 Å². The van der Waals surface area contributed by atoms with Crippen molar-refractivity contribution in [3.63, 3.8) is 0 Å². The average Bonchev–Trinajstić information content (AvgIpc) is 3.05. The molecule has 0 radical (unpaired) electrons. The Hall–Kier alpha value is -0.870. The van der Waals surface area contributed by atoms with Crippen LogP contribution in [0.2, 0.25) is 5.02 Å². The van der Waals surface area contributed by atoms with Crippen LogP contribution in [0.5, 0.6) is 5.75 Å². The van der Waals surface area contributed by atoms with Gasteiger partial charge in [-0.15, -0.1) is 0 Å². The number of halogens is 1. The fraction of sp³-hybridized carbons (Fsp3) is 0.500. The topological polar surface area (TPSA) is 46.5 Å². The Morgan fingerprint density at radius 1 is 1.47 bits per heavy atom. The molecule has 1 atom stereocenters. The standard InChI is InChI=1S/C14H15ClO3S/c15-11-7-9(14(4-5-14)13(16)17)1-2-12(11)18-10-3-6-19-8-10/h1-2,7,10H,3-6,8H2,(H,16,17). The summed E-state index contributed by atoms with van der Waals surface area (Å²) in [6, 6.07) is 5.40. The van der Waals surface area contributed by atoms with Gasteiger partial charge < -0.3 is 9.84 Å². The van der Waals surface area contributed by atoms with Gasteiger partial charge in [0.15, 0.2) is 0 Å². The van der Waals surface area contributed by atoms with Gasteiger partial charge in [-0.3, -0.25) is 4.79 Å². The lowest BCUT2D eigenvalue weighted by Crippen LogP contribution is -2.20. The number of thioether (sulfide) groups is 1. The van der Waals surface area contributed by atoms with Crippen LogP contribution in [0.1, 0.15) is 24.8 Å². The average molecular weight is 299 g/mol. The lowest BCUT2D eigenvalue weighted by atomic mass is 9.96. The third kappa shape index (κ3) is 2.43. The Morgan fingerprint density at radius 3 is 2.79 bits per heavy atom. The van der Waals surface area contributed by atoms with Gasteiger partial charge in [0.2, 0.25) is 0 Å². The van der Waals surface area contributed by atoms with Gasteiger partial charge in [0.1, 0.15) is 11.9 Å². The van der Waals surface area contributed by atoms with Gasteiger partial charge in [0.25, 0.3) is 0 Å². The molecule has 1 N–H and O–H groups in total. The summed E-state index contributed by atoms with van der Waals surface area (Å²) in [6.07, 6.45) is 2.65. The lowest BCUT2D eigenvalue weighted by Gasteiger charge is -2.16. The molecule has 1 saturated carbocycles. The van der Waals surface area contributed by atoms with Gasteiger partial charge in [-0.2, -0.15) is 11.8 Å². The molecular weight excluding hydrogens is 284 g/mol. The highest BCUT2D eigenvalue weighted by atomic mass is 35.5. The SMILES string of the molecule is O=C(O)C1(c2ccc(OC3CCSC3)c(Cl)c2)CC1. The zero-order valence-electron chi connectivity index (χ0n) is 10.4. The number of hydrogen-bond acceptors (Lipinski definition) is 3. The van der Waals surface area contributed by atoms with Crippen LogP contribution in [-0.2, 0) is 10.2 Å². The zero-order valence-corrected chi connectivity index (χ0v) is 12.0. The molecule has 1 unspecified atom stereocenters. The first kappa shape index (κ1) is 13.1. The number of hydrogen-bond donors (Lipinski definition) is 1. The van der Waals surface area contributed by atoms with Crippen molar-refractivity contribution in [1.82, 2.24) is 0 Å². The number of aliphatic carboxylic acids is 1. The van der Waals surface area contributed by atoms with E-state index in [1.807, 2.05) is 23.9 Å². The molecular formula is C14H15ClO3S. The van der Waals surface area contributed by atoms with E-state index in [0.29, 0.717) is 23.6 Å². The van der Waals surface area contributed by atoms with E-state index in [-0.39, 0.29) is 6.10 Å². The first-order valence-electron chi connectivity index (χ1n) is 6.40. The minimum Gasteiger partial charge on any atom is -0.488 e. The number of carboxylic acids is 1. The van der Waals surface area contributed by atoms with E-state index < -0.39 is 11.4 Å².